The summed E-state index contributed by atoms with van der Waals surface area (Å²) < 4.78 is 5.52. The zero-order valence-corrected chi connectivity index (χ0v) is 10.7. The molecule has 0 aliphatic carbocycles. The molecule has 17 heavy (non-hydrogen) atoms. The van der Waals surface area contributed by atoms with Crippen LogP contribution in [0.2, 0.25) is 0 Å². The van der Waals surface area contributed by atoms with Crippen molar-refractivity contribution in [2.75, 3.05) is 19.8 Å². The van der Waals surface area contributed by atoms with Gasteiger partial charge in [0.2, 0.25) is 0 Å². The molecule has 3 atom stereocenters. The lowest BCUT2D eigenvalue weighted by Gasteiger charge is -2.29. The van der Waals surface area contributed by atoms with Crippen LogP contribution in [0.15, 0.2) is 24.5 Å². The van der Waals surface area contributed by atoms with Crippen molar-refractivity contribution in [1.82, 2.24) is 10.3 Å². The van der Waals surface area contributed by atoms with Gasteiger partial charge in [0.15, 0.2) is 0 Å². The van der Waals surface area contributed by atoms with Crippen LogP contribution in [0.5, 0.6) is 0 Å². The van der Waals surface area contributed by atoms with Crippen LogP contribution in [0.4, 0.5) is 0 Å². The summed E-state index contributed by atoms with van der Waals surface area (Å²) in [4.78, 5) is 4.09. The molecule has 1 aliphatic heterocycles. The molecule has 3 heteroatoms. The molecule has 2 heterocycles. The molecular weight excluding hydrogens is 212 g/mol. The van der Waals surface area contributed by atoms with E-state index in [4.69, 9.17) is 4.74 Å². The normalized spacial score (nSPS) is 23.5. The maximum atomic E-state index is 5.52. The standard InChI is InChI=1S/C14H22N2O/c1-3-16-14(13-6-9-17-10-13)11(2)12-4-7-15-8-5-12/h4-5,7-8,11,13-14,16H,3,6,9-10H2,1-2H3. The SMILES string of the molecule is CCNC(C1CCOC1)C(C)c1ccncc1. The average molecular weight is 234 g/mol. The molecule has 1 N–H and O–H groups in total. The number of nitrogens with one attached hydrogen (secondary N) is 1. The zero-order chi connectivity index (χ0) is 12.1. The fourth-order valence-electron chi connectivity index (χ4n) is 2.70. The maximum absolute atomic E-state index is 5.52. The highest BCUT2D eigenvalue weighted by atomic mass is 16.5. The largest absolute Gasteiger partial charge is 0.381 e. The van der Waals surface area contributed by atoms with Gasteiger partial charge < -0.3 is 10.1 Å². The van der Waals surface area contributed by atoms with Gasteiger partial charge in [-0.2, -0.15) is 0 Å². The van der Waals surface area contributed by atoms with Gasteiger partial charge in [-0.15, -0.1) is 0 Å². The van der Waals surface area contributed by atoms with Crippen molar-refractivity contribution in [2.24, 2.45) is 5.92 Å². The average Bonchev–Trinajstić information content (AvgIpc) is 2.90. The second kappa shape index (κ2) is 6.12. The number of rotatable bonds is 5. The van der Waals surface area contributed by atoms with Crippen LogP contribution in [0.25, 0.3) is 0 Å². The summed E-state index contributed by atoms with van der Waals surface area (Å²) in [5.41, 5.74) is 1.36. The van der Waals surface area contributed by atoms with Gasteiger partial charge in [0.1, 0.15) is 0 Å². The van der Waals surface area contributed by atoms with Gasteiger partial charge in [0.05, 0.1) is 6.61 Å². The molecule has 1 aromatic rings. The highest BCUT2D eigenvalue weighted by molar-refractivity contribution is 5.17. The summed E-state index contributed by atoms with van der Waals surface area (Å²) in [6.07, 6.45) is 4.92. The number of hydrogen-bond donors (Lipinski definition) is 1. The van der Waals surface area contributed by atoms with Crippen LogP contribution < -0.4 is 5.32 Å². The number of likely N-dealkylation sites (N-methyl/N-ethyl adjacent to an activating group) is 1. The summed E-state index contributed by atoms with van der Waals surface area (Å²) in [7, 11) is 0. The third-order valence-corrected chi connectivity index (χ3v) is 3.68. The Morgan fingerprint density at radius 1 is 1.47 bits per heavy atom. The van der Waals surface area contributed by atoms with E-state index < -0.39 is 0 Å². The lowest BCUT2D eigenvalue weighted by molar-refractivity contribution is 0.173. The first-order valence-corrected chi connectivity index (χ1v) is 6.54. The Bertz CT molecular complexity index is 322. The summed E-state index contributed by atoms with van der Waals surface area (Å²) in [6.45, 7) is 7.28. The van der Waals surface area contributed by atoms with Gasteiger partial charge in [0, 0.05) is 31.0 Å². The Balaban J connectivity index is 2.09. The Morgan fingerprint density at radius 3 is 2.82 bits per heavy atom. The van der Waals surface area contributed by atoms with E-state index in [1.165, 1.54) is 12.0 Å². The van der Waals surface area contributed by atoms with E-state index in [2.05, 4.69) is 36.3 Å². The fourth-order valence-corrected chi connectivity index (χ4v) is 2.70. The summed E-state index contributed by atoms with van der Waals surface area (Å²) >= 11 is 0. The number of pyridine rings is 1. The predicted octanol–water partition coefficient (Wildman–Crippen LogP) is 2.20. The van der Waals surface area contributed by atoms with E-state index in [-0.39, 0.29) is 0 Å². The van der Waals surface area contributed by atoms with Crippen LogP contribution >= 0.6 is 0 Å². The molecule has 0 saturated carbocycles. The van der Waals surface area contributed by atoms with Gasteiger partial charge in [-0.25, -0.2) is 0 Å². The first kappa shape index (κ1) is 12.5. The number of ether oxygens (including phenoxy) is 1. The minimum Gasteiger partial charge on any atom is -0.381 e. The molecule has 1 aliphatic rings. The first-order chi connectivity index (χ1) is 8.33. The van der Waals surface area contributed by atoms with Crippen molar-refractivity contribution in [3.63, 3.8) is 0 Å². The summed E-state index contributed by atoms with van der Waals surface area (Å²) in [6, 6.07) is 4.74. The van der Waals surface area contributed by atoms with E-state index in [0.29, 0.717) is 17.9 Å². The van der Waals surface area contributed by atoms with Gasteiger partial charge in [0.25, 0.3) is 0 Å². The molecule has 94 valence electrons. The highest BCUT2D eigenvalue weighted by Crippen LogP contribution is 2.28. The summed E-state index contributed by atoms with van der Waals surface area (Å²) in [5, 5.41) is 3.62. The monoisotopic (exact) mass is 234 g/mol. The van der Waals surface area contributed by atoms with E-state index in [0.717, 1.165) is 19.8 Å². The highest BCUT2D eigenvalue weighted by Gasteiger charge is 2.29. The van der Waals surface area contributed by atoms with Gasteiger partial charge >= 0.3 is 0 Å². The van der Waals surface area contributed by atoms with Crippen LogP contribution in [0.3, 0.4) is 0 Å². The molecule has 0 aromatic carbocycles. The van der Waals surface area contributed by atoms with Crippen molar-refractivity contribution in [3.8, 4) is 0 Å². The van der Waals surface area contributed by atoms with E-state index in [1.807, 2.05) is 12.4 Å². The molecule has 3 unspecified atom stereocenters. The van der Waals surface area contributed by atoms with Crippen molar-refractivity contribution >= 4 is 0 Å². The minimum atomic E-state index is 0.504. The quantitative estimate of drug-likeness (QED) is 0.848. The molecule has 0 bridgehead atoms. The van der Waals surface area contributed by atoms with Crippen LogP contribution in [0, 0.1) is 5.92 Å². The molecule has 1 saturated heterocycles. The number of hydrogen-bond acceptors (Lipinski definition) is 3. The lowest BCUT2D eigenvalue weighted by Crippen LogP contribution is -2.40. The van der Waals surface area contributed by atoms with Gasteiger partial charge in [-0.3, -0.25) is 4.98 Å². The molecule has 3 nitrogen and oxygen atoms in total. The fraction of sp³-hybridized carbons (Fsp3) is 0.643. The maximum Gasteiger partial charge on any atom is 0.0510 e. The topological polar surface area (TPSA) is 34.1 Å². The van der Waals surface area contributed by atoms with Gasteiger partial charge in [-0.1, -0.05) is 13.8 Å². The molecule has 0 radical (unpaired) electrons. The minimum absolute atomic E-state index is 0.504. The number of aromatic nitrogens is 1. The van der Waals surface area contributed by atoms with Crippen molar-refractivity contribution in [3.05, 3.63) is 30.1 Å². The second-order valence-electron chi connectivity index (χ2n) is 4.78. The van der Waals surface area contributed by atoms with Crippen molar-refractivity contribution < 1.29 is 4.74 Å². The second-order valence-corrected chi connectivity index (χ2v) is 4.78. The van der Waals surface area contributed by atoms with Crippen LogP contribution in [0.1, 0.15) is 31.7 Å². The number of nitrogens with zero attached hydrogens (tertiary/aromatic N) is 1. The van der Waals surface area contributed by atoms with Crippen LogP contribution in [-0.4, -0.2) is 30.8 Å². The first-order valence-electron chi connectivity index (χ1n) is 6.54. The summed E-state index contributed by atoms with van der Waals surface area (Å²) in [5.74, 6) is 1.14. The lowest BCUT2D eigenvalue weighted by atomic mass is 9.84. The van der Waals surface area contributed by atoms with Gasteiger partial charge in [-0.05, 0) is 36.6 Å². The van der Waals surface area contributed by atoms with Crippen LogP contribution in [-0.2, 0) is 4.74 Å². The van der Waals surface area contributed by atoms with E-state index in [9.17, 15) is 0 Å². The zero-order valence-electron chi connectivity index (χ0n) is 10.7. The van der Waals surface area contributed by atoms with E-state index in [1.54, 1.807) is 0 Å². The molecule has 1 aromatic heterocycles. The predicted molar refractivity (Wildman–Crippen MR) is 69.0 cm³/mol. The smallest absolute Gasteiger partial charge is 0.0510 e. The third kappa shape index (κ3) is 3.05. The molecule has 2 rings (SSSR count). The molecule has 0 amide bonds. The Kier molecular flexibility index (Phi) is 4.51. The van der Waals surface area contributed by atoms with Crippen molar-refractivity contribution in [1.29, 1.82) is 0 Å². The molecule has 0 spiro atoms. The van der Waals surface area contributed by atoms with Crippen molar-refractivity contribution in [2.45, 2.75) is 32.2 Å². The third-order valence-electron chi connectivity index (χ3n) is 3.68. The Hall–Kier alpha value is -0.930. The Labute approximate surface area is 104 Å². The molecule has 1 fully saturated rings. The molecular formula is C14H22N2O. The van der Waals surface area contributed by atoms with E-state index >= 15 is 0 Å². The Morgan fingerprint density at radius 2 is 2.24 bits per heavy atom.